The monoisotopic (exact) mass is 304 g/mol. The van der Waals surface area contributed by atoms with Gasteiger partial charge >= 0.3 is 0 Å². The van der Waals surface area contributed by atoms with Gasteiger partial charge in [0.2, 0.25) is 0 Å². The number of anilines is 1. The third-order valence-electron chi connectivity index (χ3n) is 2.47. The van der Waals surface area contributed by atoms with Crippen LogP contribution in [0.25, 0.3) is 0 Å². The number of hydrogen-bond donors (Lipinski definition) is 1. The van der Waals surface area contributed by atoms with Crippen LogP contribution in [0, 0.1) is 17.1 Å². The molecular formula is C14H10BrFN2. The van der Waals surface area contributed by atoms with E-state index in [0.29, 0.717) is 0 Å². The highest BCUT2D eigenvalue weighted by Gasteiger charge is 2.10. The minimum Gasteiger partial charge on any atom is -0.366 e. The second-order valence-corrected chi connectivity index (χ2v) is 4.68. The summed E-state index contributed by atoms with van der Waals surface area (Å²) in [5, 5.41) is 12.3. The third-order valence-corrected chi connectivity index (χ3v) is 2.96. The normalized spacial score (nSPS) is 11.6. The summed E-state index contributed by atoms with van der Waals surface area (Å²) >= 11 is 3.37. The van der Waals surface area contributed by atoms with Crippen molar-refractivity contribution in [3.63, 3.8) is 0 Å². The Kier molecular flexibility index (Phi) is 3.96. The molecule has 1 N–H and O–H groups in total. The lowest BCUT2D eigenvalue weighted by molar-refractivity contribution is 0.627. The van der Waals surface area contributed by atoms with E-state index in [9.17, 15) is 4.39 Å². The Balaban J connectivity index is 2.20. The molecule has 0 aromatic heterocycles. The highest BCUT2D eigenvalue weighted by Crippen LogP contribution is 2.22. The minimum atomic E-state index is -0.500. The van der Waals surface area contributed by atoms with Crippen LogP contribution in [0.15, 0.2) is 53.0 Å². The highest BCUT2D eigenvalue weighted by atomic mass is 79.9. The van der Waals surface area contributed by atoms with Crippen LogP contribution < -0.4 is 5.32 Å². The van der Waals surface area contributed by atoms with Crippen LogP contribution in [0.5, 0.6) is 0 Å². The molecule has 1 unspecified atom stereocenters. The number of hydrogen-bond acceptors (Lipinski definition) is 2. The van der Waals surface area contributed by atoms with E-state index >= 15 is 0 Å². The van der Waals surface area contributed by atoms with Gasteiger partial charge in [-0.1, -0.05) is 34.1 Å². The zero-order valence-electron chi connectivity index (χ0n) is 9.40. The number of nitrogens with one attached hydrogen (secondary N) is 1. The van der Waals surface area contributed by atoms with Crippen LogP contribution in [-0.2, 0) is 0 Å². The van der Waals surface area contributed by atoms with Crippen molar-refractivity contribution in [1.29, 1.82) is 5.26 Å². The first-order valence-electron chi connectivity index (χ1n) is 5.36. The van der Waals surface area contributed by atoms with Gasteiger partial charge in [-0.2, -0.15) is 5.26 Å². The van der Waals surface area contributed by atoms with Crippen LogP contribution in [-0.4, -0.2) is 0 Å². The maximum Gasteiger partial charge on any atom is 0.140 e. The van der Waals surface area contributed by atoms with Crippen molar-refractivity contribution in [2.45, 2.75) is 6.04 Å². The molecule has 0 radical (unpaired) electrons. The van der Waals surface area contributed by atoms with Crippen molar-refractivity contribution < 1.29 is 4.39 Å². The second-order valence-electron chi connectivity index (χ2n) is 3.77. The summed E-state index contributed by atoms with van der Waals surface area (Å²) in [5.41, 5.74) is 1.57. The second kappa shape index (κ2) is 5.65. The van der Waals surface area contributed by atoms with Crippen molar-refractivity contribution in [1.82, 2.24) is 0 Å². The van der Waals surface area contributed by atoms with Gasteiger partial charge in [0.15, 0.2) is 0 Å². The highest BCUT2D eigenvalue weighted by molar-refractivity contribution is 9.10. The van der Waals surface area contributed by atoms with Gasteiger partial charge in [-0.25, -0.2) is 4.39 Å². The molecule has 0 bridgehead atoms. The summed E-state index contributed by atoms with van der Waals surface area (Å²) < 4.78 is 13.8. The van der Waals surface area contributed by atoms with E-state index in [1.54, 1.807) is 12.1 Å². The van der Waals surface area contributed by atoms with Gasteiger partial charge in [0.05, 0.1) is 6.07 Å². The van der Waals surface area contributed by atoms with Gasteiger partial charge in [-0.15, -0.1) is 0 Å². The number of halogens is 2. The summed E-state index contributed by atoms with van der Waals surface area (Å²) in [6, 6.07) is 15.1. The zero-order chi connectivity index (χ0) is 13.0. The van der Waals surface area contributed by atoms with Gasteiger partial charge in [0.25, 0.3) is 0 Å². The van der Waals surface area contributed by atoms with E-state index in [4.69, 9.17) is 5.26 Å². The van der Waals surface area contributed by atoms with E-state index in [2.05, 4.69) is 27.3 Å². The maximum atomic E-state index is 12.8. The number of nitrogens with zero attached hydrogens (tertiary/aromatic N) is 1. The lowest BCUT2D eigenvalue weighted by atomic mass is 10.1. The van der Waals surface area contributed by atoms with E-state index in [1.807, 2.05) is 24.3 Å². The van der Waals surface area contributed by atoms with Crippen molar-refractivity contribution in [2.24, 2.45) is 0 Å². The fourth-order valence-corrected chi connectivity index (χ4v) is 1.99. The Morgan fingerprint density at radius 1 is 1.17 bits per heavy atom. The zero-order valence-corrected chi connectivity index (χ0v) is 11.0. The Labute approximate surface area is 113 Å². The van der Waals surface area contributed by atoms with Crippen LogP contribution in [0.3, 0.4) is 0 Å². The molecular weight excluding hydrogens is 295 g/mol. The SMILES string of the molecule is N#CC(Nc1cccc(Br)c1)c1ccc(F)cc1. The Bertz CT molecular complexity index is 575. The average molecular weight is 305 g/mol. The fourth-order valence-electron chi connectivity index (χ4n) is 1.59. The summed E-state index contributed by atoms with van der Waals surface area (Å²) in [5.74, 6) is -0.308. The standard InChI is InChI=1S/C14H10BrFN2/c15-11-2-1-3-13(8-11)18-14(9-17)10-4-6-12(16)7-5-10/h1-8,14,18H. The van der Waals surface area contributed by atoms with Crippen LogP contribution in [0.2, 0.25) is 0 Å². The van der Waals surface area contributed by atoms with E-state index in [1.165, 1.54) is 12.1 Å². The molecule has 0 aliphatic carbocycles. The molecule has 1 atom stereocenters. The Hall–Kier alpha value is -1.86. The lowest BCUT2D eigenvalue weighted by Crippen LogP contribution is -2.08. The van der Waals surface area contributed by atoms with E-state index < -0.39 is 6.04 Å². The largest absolute Gasteiger partial charge is 0.366 e. The predicted octanol–water partition coefficient (Wildman–Crippen LogP) is 4.26. The van der Waals surface area contributed by atoms with Crippen LogP contribution >= 0.6 is 15.9 Å². The van der Waals surface area contributed by atoms with Crippen molar-refractivity contribution in [3.8, 4) is 6.07 Å². The summed E-state index contributed by atoms with van der Waals surface area (Å²) in [4.78, 5) is 0. The average Bonchev–Trinajstić information content (AvgIpc) is 2.37. The predicted molar refractivity (Wildman–Crippen MR) is 72.5 cm³/mol. The van der Waals surface area contributed by atoms with Gasteiger partial charge < -0.3 is 5.32 Å². The Morgan fingerprint density at radius 2 is 1.89 bits per heavy atom. The smallest absolute Gasteiger partial charge is 0.140 e. The van der Waals surface area contributed by atoms with Crippen LogP contribution in [0.4, 0.5) is 10.1 Å². The molecule has 2 aromatic carbocycles. The topological polar surface area (TPSA) is 35.8 Å². The van der Waals surface area contributed by atoms with Gasteiger partial charge in [-0.05, 0) is 35.9 Å². The van der Waals surface area contributed by atoms with E-state index in [-0.39, 0.29) is 5.82 Å². The summed E-state index contributed by atoms with van der Waals surface area (Å²) in [7, 11) is 0. The molecule has 2 aromatic rings. The Morgan fingerprint density at radius 3 is 2.50 bits per heavy atom. The maximum absolute atomic E-state index is 12.8. The molecule has 2 nitrogen and oxygen atoms in total. The first kappa shape index (κ1) is 12.6. The number of nitriles is 1. The molecule has 0 heterocycles. The fraction of sp³-hybridized carbons (Fsp3) is 0.0714. The minimum absolute atomic E-state index is 0.308. The first-order chi connectivity index (χ1) is 8.69. The van der Waals surface area contributed by atoms with Gasteiger partial charge in [-0.3, -0.25) is 0 Å². The molecule has 0 amide bonds. The summed E-state index contributed by atoms with van der Waals surface area (Å²) in [6.07, 6.45) is 0. The van der Waals surface area contributed by atoms with Gasteiger partial charge in [0.1, 0.15) is 11.9 Å². The van der Waals surface area contributed by atoms with Crippen molar-refractivity contribution in [2.75, 3.05) is 5.32 Å². The third kappa shape index (κ3) is 3.08. The summed E-state index contributed by atoms with van der Waals surface area (Å²) in [6.45, 7) is 0. The molecule has 0 fully saturated rings. The quantitative estimate of drug-likeness (QED) is 0.919. The lowest BCUT2D eigenvalue weighted by Gasteiger charge is -2.13. The first-order valence-corrected chi connectivity index (χ1v) is 6.15. The molecule has 0 aliphatic rings. The van der Waals surface area contributed by atoms with Gasteiger partial charge in [0, 0.05) is 10.2 Å². The molecule has 0 saturated heterocycles. The molecule has 90 valence electrons. The van der Waals surface area contributed by atoms with Crippen LogP contribution in [0.1, 0.15) is 11.6 Å². The van der Waals surface area contributed by atoms with Crippen molar-refractivity contribution >= 4 is 21.6 Å². The molecule has 0 saturated carbocycles. The van der Waals surface area contributed by atoms with E-state index in [0.717, 1.165) is 15.7 Å². The molecule has 0 spiro atoms. The molecule has 4 heteroatoms. The number of benzene rings is 2. The van der Waals surface area contributed by atoms with Crippen molar-refractivity contribution in [3.05, 3.63) is 64.4 Å². The number of rotatable bonds is 3. The molecule has 2 rings (SSSR count). The molecule has 0 aliphatic heterocycles. The molecule has 18 heavy (non-hydrogen) atoms.